The summed E-state index contributed by atoms with van der Waals surface area (Å²) in [5.41, 5.74) is 4.21. The quantitative estimate of drug-likeness (QED) is 0.648. The molecule has 2 rings (SSSR count). The molecule has 0 unspecified atom stereocenters. The fourth-order valence-corrected chi connectivity index (χ4v) is 4.26. The molecule has 0 spiro atoms. The lowest BCUT2D eigenvalue weighted by Gasteiger charge is -2.21. The minimum absolute atomic E-state index is 0.744. The first-order chi connectivity index (χ1) is 10.5. The molecular weight excluding hydrogens is 318 g/mol. The molecule has 0 aliphatic heterocycles. The minimum atomic E-state index is -1.56. The molecule has 5 nitrogen and oxygen atoms in total. The Morgan fingerprint density at radius 1 is 1.13 bits per heavy atom. The highest BCUT2D eigenvalue weighted by atomic mass is 28.3. The number of allylic oxidation sites excluding steroid dienone is 2. The summed E-state index contributed by atoms with van der Waals surface area (Å²) < 4.78 is 2.27. The molecular formula is C16H29N5Si2. The zero-order valence-electron chi connectivity index (χ0n) is 15.7. The van der Waals surface area contributed by atoms with E-state index in [1.807, 2.05) is 6.33 Å². The molecule has 0 aliphatic carbocycles. The van der Waals surface area contributed by atoms with E-state index in [9.17, 15) is 0 Å². The second-order valence-electron chi connectivity index (χ2n) is 8.31. The van der Waals surface area contributed by atoms with Gasteiger partial charge in [-0.25, -0.2) is 9.97 Å². The number of nitrogens with one attached hydrogen (secondary N) is 1. The maximum atomic E-state index is 4.80. The molecule has 0 fully saturated rings. The maximum absolute atomic E-state index is 4.80. The van der Waals surface area contributed by atoms with E-state index >= 15 is 0 Å². The number of aromatic nitrogens is 4. The van der Waals surface area contributed by atoms with Gasteiger partial charge in [0.15, 0.2) is 13.9 Å². The molecule has 7 heteroatoms. The van der Waals surface area contributed by atoms with Gasteiger partial charge in [0.1, 0.15) is 13.8 Å². The van der Waals surface area contributed by atoms with Crippen molar-refractivity contribution >= 4 is 33.6 Å². The van der Waals surface area contributed by atoms with Crippen LogP contribution in [0.3, 0.4) is 0 Å². The van der Waals surface area contributed by atoms with Crippen LogP contribution in [0, 0.1) is 0 Å². The summed E-state index contributed by atoms with van der Waals surface area (Å²) in [5.74, 6) is 0.744. The average molecular weight is 348 g/mol. The van der Waals surface area contributed by atoms with E-state index in [2.05, 4.69) is 73.4 Å². The molecule has 2 aromatic rings. The summed E-state index contributed by atoms with van der Waals surface area (Å²) in [5, 5.41) is 0. The van der Waals surface area contributed by atoms with Gasteiger partial charge in [-0.05, 0) is 13.8 Å². The summed E-state index contributed by atoms with van der Waals surface area (Å²) in [7, 11) is -3.07. The fraction of sp³-hybridized carbons (Fsp3) is 0.562. The normalized spacial score (nSPS) is 12.5. The van der Waals surface area contributed by atoms with Crippen molar-refractivity contribution in [2.45, 2.75) is 59.6 Å². The van der Waals surface area contributed by atoms with Gasteiger partial charge in [-0.1, -0.05) is 50.9 Å². The average Bonchev–Trinajstić information content (AvgIpc) is 2.77. The first-order valence-corrected chi connectivity index (χ1v) is 15.1. The first kappa shape index (κ1) is 17.9. The highest BCUT2D eigenvalue weighted by Crippen LogP contribution is 2.22. The van der Waals surface area contributed by atoms with Crippen LogP contribution in [0.1, 0.15) is 19.5 Å². The Hall–Kier alpha value is -1.48. The molecule has 2 aromatic heterocycles. The molecule has 2 heterocycles. The molecule has 1 N–H and O–H groups in total. The van der Waals surface area contributed by atoms with Crippen molar-refractivity contribution in [3.63, 3.8) is 0 Å². The zero-order valence-corrected chi connectivity index (χ0v) is 17.7. The number of hydrogen-bond acceptors (Lipinski definition) is 4. The monoisotopic (exact) mass is 347 g/mol. The summed E-state index contributed by atoms with van der Waals surface area (Å²) in [6.07, 6.45) is 4.94. The van der Waals surface area contributed by atoms with Crippen LogP contribution in [0.2, 0.25) is 39.3 Å². The van der Waals surface area contributed by atoms with Crippen LogP contribution in [0.5, 0.6) is 0 Å². The van der Waals surface area contributed by atoms with Gasteiger partial charge in [0.2, 0.25) is 5.95 Å². The SMILES string of the molecule is CC(C)=CCc1nc(N[Si](C)(C)C)nc2c1ncn2[Si](C)(C)C. The van der Waals surface area contributed by atoms with Crippen molar-refractivity contribution in [1.82, 2.24) is 19.2 Å². The number of hydrogen-bond donors (Lipinski definition) is 1. The van der Waals surface area contributed by atoms with Crippen molar-refractivity contribution in [2.75, 3.05) is 4.98 Å². The standard InChI is InChI=1S/C16H29N5Si2/c1-12(2)9-10-13-14-15(21(11-17-14)23(6,7)8)19-16(18-13)20-22(3,4)5/h9,11H,10H2,1-8H3,(H,18,19,20). The second-order valence-corrected chi connectivity index (χ2v) is 17.9. The first-order valence-electron chi connectivity index (χ1n) is 8.13. The molecule has 0 amide bonds. The van der Waals surface area contributed by atoms with Gasteiger partial charge in [0, 0.05) is 6.42 Å². The highest BCUT2D eigenvalue weighted by Gasteiger charge is 2.23. The Morgan fingerprint density at radius 2 is 1.78 bits per heavy atom. The molecule has 0 atom stereocenters. The van der Waals surface area contributed by atoms with E-state index in [1.54, 1.807) is 0 Å². The van der Waals surface area contributed by atoms with Gasteiger partial charge in [0.25, 0.3) is 0 Å². The van der Waals surface area contributed by atoms with Gasteiger partial charge in [-0.15, -0.1) is 0 Å². The Bertz CT molecular complexity index is 731. The van der Waals surface area contributed by atoms with Crippen molar-refractivity contribution in [2.24, 2.45) is 0 Å². The number of nitrogens with zero attached hydrogens (tertiary/aromatic N) is 4. The number of imidazole rings is 1. The van der Waals surface area contributed by atoms with Crippen LogP contribution in [-0.2, 0) is 6.42 Å². The van der Waals surface area contributed by atoms with E-state index in [0.717, 1.165) is 29.2 Å². The third-order valence-electron chi connectivity index (χ3n) is 3.38. The molecule has 0 aromatic carbocycles. The molecule has 0 saturated carbocycles. The Balaban J connectivity index is 2.62. The van der Waals surface area contributed by atoms with Crippen LogP contribution in [0.15, 0.2) is 18.0 Å². The summed E-state index contributed by atoms with van der Waals surface area (Å²) in [6, 6.07) is 0. The lowest BCUT2D eigenvalue weighted by molar-refractivity contribution is 1.07. The fourth-order valence-electron chi connectivity index (χ4n) is 2.28. The highest BCUT2D eigenvalue weighted by molar-refractivity contribution is 6.79. The summed E-state index contributed by atoms with van der Waals surface area (Å²) in [6.45, 7) is 17.9. The van der Waals surface area contributed by atoms with E-state index in [0.29, 0.717) is 0 Å². The molecule has 0 aliphatic rings. The van der Waals surface area contributed by atoms with E-state index in [4.69, 9.17) is 9.97 Å². The lowest BCUT2D eigenvalue weighted by atomic mass is 10.2. The van der Waals surface area contributed by atoms with Crippen molar-refractivity contribution < 1.29 is 0 Å². The Kier molecular flexibility index (Phi) is 4.82. The van der Waals surface area contributed by atoms with E-state index < -0.39 is 16.5 Å². The molecule has 0 saturated heterocycles. The number of anilines is 1. The third kappa shape index (κ3) is 4.51. The van der Waals surface area contributed by atoms with Crippen LogP contribution >= 0.6 is 0 Å². The van der Waals surface area contributed by atoms with Gasteiger partial charge < -0.3 is 9.22 Å². The lowest BCUT2D eigenvalue weighted by Crippen LogP contribution is -2.34. The van der Waals surface area contributed by atoms with Gasteiger partial charge in [-0.3, -0.25) is 0 Å². The third-order valence-corrected chi connectivity index (χ3v) is 6.13. The minimum Gasteiger partial charge on any atom is -0.380 e. The van der Waals surface area contributed by atoms with E-state index in [1.165, 1.54) is 5.57 Å². The molecule has 126 valence electrons. The summed E-state index contributed by atoms with van der Waals surface area (Å²) in [4.78, 5) is 17.7. The number of rotatable bonds is 5. The second kappa shape index (κ2) is 6.20. The maximum Gasteiger partial charge on any atom is 0.216 e. The van der Waals surface area contributed by atoms with Gasteiger partial charge >= 0.3 is 0 Å². The van der Waals surface area contributed by atoms with Crippen LogP contribution in [-0.4, -0.2) is 35.7 Å². The predicted octanol–water partition coefficient (Wildman–Crippen LogP) is 4.26. The van der Waals surface area contributed by atoms with Crippen LogP contribution in [0.25, 0.3) is 11.2 Å². The molecule has 0 radical (unpaired) electrons. The van der Waals surface area contributed by atoms with Crippen molar-refractivity contribution in [1.29, 1.82) is 0 Å². The van der Waals surface area contributed by atoms with Gasteiger partial charge in [-0.2, -0.15) is 4.98 Å². The Morgan fingerprint density at radius 3 is 2.30 bits per heavy atom. The molecule has 23 heavy (non-hydrogen) atoms. The number of fused-ring (bicyclic) bond motifs is 1. The Labute approximate surface area is 141 Å². The predicted molar refractivity (Wildman–Crippen MR) is 104 cm³/mol. The topological polar surface area (TPSA) is 55.6 Å². The zero-order chi connectivity index (χ0) is 17.4. The molecule has 0 bridgehead atoms. The van der Waals surface area contributed by atoms with Crippen molar-refractivity contribution in [3.8, 4) is 0 Å². The smallest absolute Gasteiger partial charge is 0.216 e. The van der Waals surface area contributed by atoms with E-state index in [-0.39, 0.29) is 0 Å². The van der Waals surface area contributed by atoms with Crippen molar-refractivity contribution in [3.05, 3.63) is 23.7 Å². The summed E-state index contributed by atoms with van der Waals surface area (Å²) >= 11 is 0. The largest absolute Gasteiger partial charge is 0.380 e. The van der Waals surface area contributed by atoms with Crippen LogP contribution < -0.4 is 4.98 Å². The van der Waals surface area contributed by atoms with Gasteiger partial charge in [0.05, 0.1) is 12.0 Å². The van der Waals surface area contributed by atoms with Crippen LogP contribution in [0.4, 0.5) is 5.95 Å².